The van der Waals surface area contributed by atoms with Gasteiger partial charge in [0.25, 0.3) is 0 Å². The highest BCUT2D eigenvalue weighted by Gasteiger charge is 2.06. The van der Waals surface area contributed by atoms with Gasteiger partial charge in [0.05, 0.1) is 6.42 Å². The molecule has 0 saturated carbocycles. The Morgan fingerprint density at radius 2 is 2.29 bits per heavy atom. The molecular formula is C13H18ClNO2. The second-order valence-corrected chi connectivity index (χ2v) is 4.61. The summed E-state index contributed by atoms with van der Waals surface area (Å²) in [7, 11) is 0. The molecule has 1 aromatic rings. The fourth-order valence-electron chi connectivity index (χ4n) is 1.49. The Hall–Kier alpha value is -1.22. The van der Waals surface area contributed by atoms with Gasteiger partial charge in [-0.3, -0.25) is 4.79 Å². The standard InChI is InChI=1S/C13H18ClNO2/c1-10(5-6-14)9-15-13(17)8-11-3-2-4-12(16)7-11/h2-4,7,10,16H,5-6,8-9H2,1H3,(H,15,17). The highest BCUT2D eigenvalue weighted by Crippen LogP contribution is 2.11. The molecule has 0 spiro atoms. The number of hydrogen-bond donors (Lipinski definition) is 2. The number of alkyl halides is 1. The fraction of sp³-hybridized carbons (Fsp3) is 0.462. The molecule has 0 aromatic heterocycles. The van der Waals surface area contributed by atoms with Gasteiger partial charge in [0.2, 0.25) is 5.91 Å². The molecule has 3 nitrogen and oxygen atoms in total. The van der Waals surface area contributed by atoms with E-state index in [9.17, 15) is 9.90 Å². The van der Waals surface area contributed by atoms with Crippen LogP contribution in [0.15, 0.2) is 24.3 Å². The predicted molar refractivity (Wildman–Crippen MR) is 69.3 cm³/mol. The molecule has 2 N–H and O–H groups in total. The van der Waals surface area contributed by atoms with E-state index in [-0.39, 0.29) is 11.7 Å². The number of aromatic hydroxyl groups is 1. The van der Waals surface area contributed by atoms with E-state index in [2.05, 4.69) is 12.2 Å². The quantitative estimate of drug-likeness (QED) is 0.767. The smallest absolute Gasteiger partial charge is 0.224 e. The minimum Gasteiger partial charge on any atom is -0.508 e. The van der Waals surface area contributed by atoms with Crippen molar-refractivity contribution in [3.05, 3.63) is 29.8 Å². The molecule has 4 heteroatoms. The third-order valence-electron chi connectivity index (χ3n) is 2.52. The van der Waals surface area contributed by atoms with Gasteiger partial charge in [-0.2, -0.15) is 0 Å². The van der Waals surface area contributed by atoms with Crippen molar-refractivity contribution in [3.63, 3.8) is 0 Å². The van der Waals surface area contributed by atoms with Crippen LogP contribution < -0.4 is 5.32 Å². The number of halogens is 1. The van der Waals surface area contributed by atoms with Crippen LogP contribution >= 0.6 is 11.6 Å². The molecule has 0 heterocycles. The summed E-state index contributed by atoms with van der Waals surface area (Å²) in [6, 6.07) is 6.74. The number of nitrogens with one attached hydrogen (secondary N) is 1. The number of rotatable bonds is 6. The average molecular weight is 256 g/mol. The molecule has 0 bridgehead atoms. The first kappa shape index (κ1) is 13.8. The lowest BCUT2D eigenvalue weighted by Crippen LogP contribution is -2.29. The van der Waals surface area contributed by atoms with Gasteiger partial charge in [-0.05, 0) is 30.0 Å². The van der Waals surface area contributed by atoms with Crippen LogP contribution in [0, 0.1) is 5.92 Å². The van der Waals surface area contributed by atoms with E-state index < -0.39 is 0 Å². The molecular weight excluding hydrogens is 238 g/mol. The van der Waals surface area contributed by atoms with E-state index in [0.29, 0.717) is 24.8 Å². The van der Waals surface area contributed by atoms with E-state index in [1.54, 1.807) is 18.2 Å². The number of phenolic OH excluding ortho intramolecular Hbond substituents is 1. The maximum Gasteiger partial charge on any atom is 0.224 e. The van der Waals surface area contributed by atoms with Crippen LogP contribution in [0.1, 0.15) is 18.9 Å². The normalized spacial score (nSPS) is 12.1. The average Bonchev–Trinajstić information content (AvgIpc) is 2.27. The van der Waals surface area contributed by atoms with Gasteiger partial charge in [0.1, 0.15) is 5.75 Å². The summed E-state index contributed by atoms with van der Waals surface area (Å²) in [4.78, 5) is 11.6. The van der Waals surface area contributed by atoms with Crippen LogP contribution in [0.25, 0.3) is 0 Å². The highest BCUT2D eigenvalue weighted by molar-refractivity contribution is 6.17. The first-order valence-electron chi connectivity index (χ1n) is 5.72. The van der Waals surface area contributed by atoms with Gasteiger partial charge in [-0.15, -0.1) is 11.6 Å². The molecule has 1 rings (SSSR count). The molecule has 1 atom stereocenters. The number of carbonyl (C=O) groups excluding carboxylic acids is 1. The summed E-state index contributed by atoms with van der Waals surface area (Å²) in [5.41, 5.74) is 0.812. The first-order valence-corrected chi connectivity index (χ1v) is 6.26. The van der Waals surface area contributed by atoms with Crippen molar-refractivity contribution in [3.8, 4) is 5.75 Å². The molecule has 0 radical (unpaired) electrons. The minimum atomic E-state index is -0.0305. The van der Waals surface area contributed by atoms with Gasteiger partial charge in [-0.25, -0.2) is 0 Å². The topological polar surface area (TPSA) is 49.3 Å². The molecule has 1 amide bonds. The summed E-state index contributed by atoms with van der Waals surface area (Å²) < 4.78 is 0. The first-order chi connectivity index (χ1) is 8.11. The third kappa shape index (κ3) is 5.59. The monoisotopic (exact) mass is 255 g/mol. The lowest BCUT2D eigenvalue weighted by molar-refractivity contribution is -0.120. The predicted octanol–water partition coefficient (Wildman–Crippen LogP) is 2.32. The van der Waals surface area contributed by atoms with Crippen molar-refractivity contribution in [2.75, 3.05) is 12.4 Å². The molecule has 0 aliphatic heterocycles. The lowest BCUT2D eigenvalue weighted by atomic mass is 10.1. The van der Waals surface area contributed by atoms with Crippen molar-refractivity contribution in [2.45, 2.75) is 19.8 Å². The Labute approximate surface area is 107 Å². The molecule has 0 aliphatic carbocycles. The Morgan fingerprint density at radius 1 is 1.53 bits per heavy atom. The Kier molecular flexibility index (Phi) is 5.84. The van der Waals surface area contributed by atoms with Gasteiger partial charge >= 0.3 is 0 Å². The molecule has 0 aliphatic rings. The van der Waals surface area contributed by atoms with Gasteiger partial charge in [0, 0.05) is 12.4 Å². The Balaban J connectivity index is 2.34. The fourth-order valence-corrected chi connectivity index (χ4v) is 1.86. The van der Waals surface area contributed by atoms with Crippen LogP contribution in [0.2, 0.25) is 0 Å². The van der Waals surface area contributed by atoms with E-state index >= 15 is 0 Å². The summed E-state index contributed by atoms with van der Waals surface area (Å²) in [5.74, 6) is 1.16. The molecule has 94 valence electrons. The van der Waals surface area contributed by atoms with Gasteiger partial charge < -0.3 is 10.4 Å². The zero-order valence-electron chi connectivity index (χ0n) is 9.95. The van der Waals surface area contributed by atoms with E-state index in [0.717, 1.165) is 12.0 Å². The Morgan fingerprint density at radius 3 is 2.94 bits per heavy atom. The van der Waals surface area contributed by atoms with Crippen LogP contribution in [0.5, 0.6) is 5.75 Å². The minimum absolute atomic E-state index is 0.0305. The molecule has 1 unspecified atom stereocenters. The highest BCUT2D eigenvalue weighted by atomic mass is 35.5. The van der Waals surface area contributed by atoms with Crippen LogP contribution in [-0.4, -0.2) is 23.4 Å². The van der Waals surface area contributed by atoms with E-state index in [1.807, 2.05) is 6.07 Å². The number of phenols is 1. The van der Waals surface area contributed by atoms with Crippen molar-refractivity contribution in [1.29, 1.82) is 0 Å². The van der Waals surface area contributed by atoms with Gasteiger partial charge in [-0.1, -0.05) is 19.1 Å². The summed E-state index contributed by atoms with van der Waals surface area (Å²) in [6.45, 7) is 2.70. The van der Waals surface area contributed by atoms with Crippen molar-refractivity contribution in [1.82, 2.24) is 5.32 Å². The molecule has 1 aromatic carbocycles. The van der Waals surface area contributed by atoms with Crippen molar-refractivity contribution < 1.29 is 9.90 Å². The van der Waals surface area contributed by atoms with Crippen LogP contribution in [-0.2, 0) is 11.2 Å². The van der Waals surface area contributed by atoms with Gasteiger partial charge in [0.15, 0.2) is 0 Å². The maximum atomic E-state index is 11.6. The van der Waals surface area contributed by atoms with Crippen molar-refractivity contribution >= 4 is 17.5 Å². The molecule has 0 saturated heterocycles. The largest absolute Gasteiger partial charge is 0.508 e. The van der Waals surface area contributed by atoms with Crippen LogP contribution in [0.3, 0.4) is 0 Å². The third-order valence-corrected chi connectivity index (χ3v) is 2.74. The molecule has 17 heavy (non-hydrogen) atoms. The summed E-state index contributed by atoms with van der Waals surface area (Å²) in [5, 5.41) is 12.1. The SMILES string of the molecule is CC(CCCl)CNC(=O)Cc1cccc(O)c1. The number of benzene rings is 1. The zero-order valence-corrected chi connectivity index (χ0v) is 10.7. The van der Waals surface area contributed by atoms with Crippen molar-refractivity contribution in [2.24, 2.45) is 5.92 Å². The number of amides is 1. The Bertz CT molecular complexity index is 368. The summed E-state index contributed by atoms with van der Waals surface area (Å²) in [6.07, 6.45) is 1.19. The number of hydrogen-bond acceptors (Lipinski definition) is 2. The zero-order chi connectivity index (χ0) is 12.7. The van der Waals surface area contributed by atoms with E-state index in [1.165, 1.54) is 0 Å². The second-order valence-electron chi connectivity index (χ2n) is 4.23. The maximum absolute atomic E-state index is 11.6. The van der Waals surface area contributed by atoms with E-state index in [4.69, 9.17) is 11.6 Å². The second kappa shape index (κ2) is 7.17. The molecule has 0 fully saturated rings. The van der Waals surface area contributed by atoms with Crippen LogP contribution in [0.4, 0.5) is 0 Å². The number of carbonyl (C=O) groups is 1. The lowest BCUT2D eigenvalue weighted by Gasteiger charge is -2.11. The summed E-state index contributed by atoms with van der Waals surface area (Å²) >= 11 is 5.62.